The third-order valence-corrected chi connectivity index (χ3v) is 3.91. The summed E-state index contributed by atoms with van der Waals surface area (Å²) in [4.78, 5) is 4.36. The van der Waals surface area contributed by atoms with E-state index in [4.69, 9.17) is 4.74 Å². The molecule has 0 aromatic carbocycles. The van der Waals surface area contributed by atoms with Crippen molar-refractivity contribution < 1.29 is 4.74 Å². The highest BCUT2D eigenvalue weighted by Crippen LogP contribution is 2.44. The molecule has 0 spiro atoms. The second-order valence-electron chi connectivity index (χ2n) is 5.23. The molecule has 4 nitrogen and oxygen atoms in total. The van der Waals surface area contributed by atoms with Gasteiger partial charge < -0.3 is 14.6 Å². The van der Waals surface area contributed by atoms with Crippen LogP contribution in [0.1, 0.15) is 34.1 Å². The van der Waals surface area contributed by atoms with E-state index in [9.17, 15) is 0 Å². The van der Waals surface area contributed by atoms with Gasteiger partial charge in [0.1, 0.15) is 0 Å². The largest absolute Gasteiger partial charge is 0.378 e. The normalized spacial score (nSPS) is 26.6. The topological polar surface area (TPSA) is 39.1 Å². The first kappa shape index (κ1) is 12.4. The lowest BCUT2D eigenvalue weighted by molar-refractivity contribution is -0.0978. The van der Waals surface area contributed by atoms with E-state index in [1.54, 1.807) is 0 Å². The van der Waals surface area contributed by atoms with Crippen LogP contribution in [0.2, 0.25) is 0 Å². The summed E-state index contributed by atoms with van der Waals surface area (Å²) < 4.78 is 7.86. The Balaban J connectivity index is 1.98. The Labute approximate surface area is 103 Å². The van der Waals surface area contributed by atoms with Gasteiger partial charge in [-0.3, -0.25) is 0 Å². The van der Waals surface area contributed by atoms with Crippen molar-refractivity contribution in [2.75, 3.05) is 11.9 Å². The maximum atomic E-state index is 5.73. The summed E-state index contributed by atoms with van der Waals surface area (Å²) in [7, 11) is 0. The summed E-state index contributed by atoms with van der Waals surface area (Å²) in [5.74, 6) is 0.973. The molecule has 4 heteroatoms. The molecule has 0 saturated heterocycles. The number of nitrogens with one attached hydrogen (secondary N) is 1. The van der Waals surface area contributed by atoms with Gasteiger partial charge in [-0.1, -0.05) is 13.8 Å². The van der Waals surface area contributed by atoms with Crippen LogP contribution in [-0.4, -0.2) is 28.3 Å². The second-order valence-corrected chi connectivity index (χ2v) is 5.23. The minimum absolute atomic E-state index is 0.181. The number of anilines is 1. The Morgan fingerprint density at radius 1 is 1.53 bits per heavy atom. The molecule has 0 bridgehead atoms. The first-order valence-electron chi connectivity index (χ1n) is 6.48. The van der Waals surface area contributed by atoms with E-state index in [0.29, 0.717) is 12.1 Å². The van der Waals surface area contributed by atoms with Gasteiger partial charge in [-0.2, -0.15) is 0 Å². The molecule has 2 rings (SSSR count). The van der Waals surface area contributed by atoms with Crippen LogP contribution >= 0.6 is 0 Å². The first-order chi connectivity index (χ1) is 8.09. The quantitative estimate of drug-likeness (QED) is 0.855. The minimum Gasteiger partial charge on any atom is -0.378 e. The molecule has 1 aliphatic carbocycles. The van der Waals surface area contributed by atoms with Crippen LogP contribution in [0.5, 0.6) is 0 Å². The second kappa shape index (κ2) is 4.69. The van der Waals surface area contributed by atoms with Crippen molar-refractivity contribution in [3.05, 3.63) is 12.4 Å². The zero-order chi connectivity index (χ0) is 12.5. The average Bonchev–Trinajstić information content (AvgIpc) is 2.75. The van der Waals surface area contributed by atoms with Crippen LogP contribution in [0, 0.1) is 5.41 Å². The van der Waals surface area contributed by atoms with Gasteiger partial charge in [-0.15, -0.1) is 0 Å². The van der Waals surface area contributed by atoms with Gasteiger partial charge in [-0.05, 0) is 20.3 Å². The summed E-state index contributed by atoms with van der Waals surface area (Å²) in [5, 5.41) is 3.53. The number of hydrogen-bond donors (Lipinski definition) is 1. The number of ether oxygens (including phenoxy) is 1. The molecular formula is C13H23N3O. The molecule has 1 aromatic heterocycles. The fourth-order valence-electron chi connectivity index (χ4n) is 2.47. The van der Waals surface area contributed by atoms with Crippen molar-refractivity contribution in [2.24, 2.45) is 5.41 Å². The lowest BCUT2D eigenvalue weighted by atomic mass is 9.64. The van der Waals surface area contributed by atoms with E-state index >= 15 is 0 Å². The molecular weight excluding hydrogens is 214 g/mol. The Hall–Kier alpha value is -1.03. The van der Waals surface area contributed by atoms with E-state index in [1.807, 2.05) is 12.4 Å². The zero-order valence-electron chi connectivity index (χ0n) is 11.2. The van der Waals surface area contributed by atoms with E-state index in [-0.39, 0.29) is 5.41 Å². The maximum absolute atomic E-state index is 5.73. The monoisotopic (exact) mass is 237 g/mol. The number of rotatable bonds is 5. The van der Waals surface area contributed by atoms with Gasteiger partial charge in [0.05, 0.1) is 6.10 Å². The van der Waals surface area contributed by atoms with Crippen molar-refractivity contribution in [1.29, 1.82) is 0 Å². The third-order valence-electron chi connectivity index (χ3n) is 3.91. The summed E-state index contributed by atoms with van der Waals surface area (Å²) in [6.45, 7) is 10.4. The van der Waals surface area contributed by atoms with Crippen LogP contribution in [0.4, 0.5) is 5.95 Å². The van der Waals surface area contributed by atoms with Gasteiger partial charge in [0.2, 0.25) is 5.95 Å². The van der Waals surface area contributed by atoms with Gasteiger partial charge >= 0.3 is 0 Å². The number of aryl methyl sites for hydroxylation is 1. The van der Waals surface area contributed by atoms with Crippen molar-refractivity contribution in [1.82, 2.24) is 9.55 Å². The molecule has 1 fully saturated rings. The standard InChI is InChI=1S/C13H23N3O/c1-5-16-8-7-14-12(16)15-10-9-11(17-6-2)13(10,3)4/h7-8,10-11H,5-6,9H2,1-4H3,(H,14,15). The summed E-state index contributed by atoms with van der Waals surface area (Å²) in [6.07, 6.45) is 5.29. The van der Waals surface area contributed by atoms with E-state index in [2.05, 4.69) is 42.6 Å². The van der Waals surface area contributed by atoms with Crippen molar-refractivity contribution in [3.8, 4) is 0 Å². The Kier molecular flexibility index (Phi) is 3.43. The summed E-state index contributed by atoms with van der Waals surface area (Å²) in [6, 6.07) is 0.451. The van der Waals surface area contributed by atoms with Gasteiger partial charge in [0.15, 0.2) is 0 Å². The average molecular weight is 237 g/mol. The SMILES string of the molecule is CCOC1CC(Nc2nccn2CC)C1(C)C. The zero-order valence-corrected chi connectivity index (χ0v) is 11.2. The fraction of sp³-hybridized carbons (Fsp3) is 0.769. The van der Waals surface area contributed by atoms with Crippen molar-refractivity contribution >= 4 is 5.95 Å². The van der Waals surface area contributed by atoms with Crippen LogP contribution in [0.3, 0.4) is 0 Å². The lowest BCUT2D eigenvalue weighted by Gasteiger charge is -2.51. The Bertz CT molecular complexity index is 372. The predicted octanol–water partition coefficient (Wildman–Crippen LogP) is 2.52. The Morgan fingerprint density at radius 3 is 2.88 bits per heavy atom. The molecule has 96 valence electrons. The molecule has 2 unspecified atom stereocenters. The third kappa shape index (κ3) is 2.18. The van der Waals surface area contributed by atoms with Crippen LogP contribution < -0.4 is 5.32 Å². The molecule has 1 aromatic rings. The van der Waals surface area contributed by atoms with Gasteiger partial charge in [-0.25, -0.2) is 4.98 Å². The fourth-order valence-corrected chi connectivity index (χ4v) is 2.47. The Morgan fingerprint density at radius 2 is 2.29 bits per heavy atom. The molecule has 1 aliphatic rings. The van der Waals surface area contributed by atoms with Gasteiger partial charge in [0.25, 0.3) is 0 Å². The smallest absolute Gasteiger partial charge is 0.202 e. The number of nitrogens with zero attached hydrogens (tertiary/aromatic N) is 2. The number of hydrogen-bond acceptors (Lipinski definition) is 3. The summed E-state index contributed by atoms with van der Waals surface area (Å²) in [5.41, 5.74) is 0.181. The van der Waals surface area contributed by atoms with Crippen LogP contribution in [0.15, 0.2) is 12.4 Å². The summed E-state index contributed by atoms with van der Waals surface area (Å²) >= 11 is 0. The highest BCUT2D eigenvalue weighted by Gasteiger charge is 2.49. The molecule has 0 aliphatic heterocycles. The predicted molar refractivity (Wildman–Crippen MR) is 69.1 cm³/mol. The van der Waals surface area contributed by atoms with Crippen LogP contribution in [0.25, 0.3) is 0 Å². The highest BCUT2D eigenvalue weighted by molar-refractivity contribution is 5.31. The van der Waals surface area contributed by atoms with E-state index < -0.39 is 0 Å². The lowest BCUT2D eigenvalue weighted by Crippen LogP contribution is -2.58. The molecule has 2 atom stereocenters. The minimum atomic E-state index is 0.181. The molecule has 0 radical (unpaired) electrons. The number of aromatic nitrogens is 2. The van der Waals surface area contributed by atoms with Crippen molar-refractivity contribution in [3.63, 3.8) is 0 Å². The molecule has 1 N–H and O–H groups in total. The molecule has 1 saturated carbocycles. The van der Waals surface area contributed by atoms with E-state index in [0.717, 1.165) is 25.5 Å². The maximum Gasteiger partial charge on any atom is 0.202 e. The first-order valence-corrected chi connectivity index (χ1v) is 6.48. The molecule has 1 heterocycles. The van der Waals surface area contributed by atoms with Crippen LogP contribution in [-0.2, 0) is 11.3 Å². The number of imidazole rings is 1. The molecule has 17 heavy (non-hydrogen) atoms. The van der Waals surface area contributed by atoms with E-state index in [1.165, 1.54) is 0 Å². The molecule has 0 amide bonds. The van der Waals surface area contributed by atoms with Crippen molar-refractivity contribution in [2.45, 2.75) is 52.8 Å². The highest BCUT2D eigenvalue weighted by atomic mass is 16.5. The van der Waals surface area contributed by atoms with Gasteiger partial charge in [0, 0.05) is 37.0 Å².